The van der Waals surface area contributed by atoms with Crippen molar-refractivity contribution in [1.29, 1.82) is 0 Å². The second-order valence-electron chi connectivity index (χ2n) is 4.08. The SMILES string of the molecule is COC(=O)C1CSC(c2cccc(C(F)(F)F)c2)N1. The van der Waals surface area contributed by atoms with E-state index < -0.39 is 23.8 Å². The van der Waals surface area contributed by atoms with Gasteiger partial charge in [0.2, 0.25) is 0 Å². The molecule has 2 atom stereocenters. The molecule has 3 nitrogen and oxygen atoms in total. The zero-order chi connectivity index (χ0) is 14.0. The van der Waals surface area contributed by atoms with Crippen molar-refractivity contribution in [3.8, 4) is 0 Å². The highest BCUT2D eigenvalue weighted by atomic mass is 32.2. The lowest BCUT2D eigenvalue weighted by atomic mass is 10.1. The third-order valence-corrected chi connectivity index (χ3v) is 4.05. The maximum absolute atomic E-state index is 12.6. The fraction of sp³-hybridized carbons (Fsp3) is 0.417. The van der Waals surface area contributed by atoms with Crippen LogP contribution in [0.15, 0.2) is 24.3 Å². The van der Waals surface area contributed by atoms with E-state index in [1.54, 1.807) is 6.07 Å². The van der Waals surface area contributed by atoms with Crippen molar-refractivity contribution >= 4 is 17.7 Å². The van der Waals surface area contributed by atoms with Crippen LogP contribution in [0.4, 0.5) is 13.2 Å². The van der Waals surface area contributed by atoms with Crippen LogP contribution in [-0.4, -0.2) is 24.9 Å². The lowest BCUT2D eigenvalue weighted by Gasteiger charge is -2.14. The molecule has 0 aliphatic carbocycles. The summed E-state index contributed by atoms with van der Waals surface area (Å²) in [4.78, 5) is 11.3. The van der Waals surface area contributed by atoms with Crippen molar-refractivity contribution in [2.24, 2.45) is 0 Å². The van der Waals surface area contributed by atoms with Crippen LogP contribution in [0.2, 0.25) is 0 Å². The number of ether oxygens (including phenoxy) is 1. The smallest absolute Gasteiger partial charge is 0.416 e. The minimum Gasteiger partial charge on any atom is -0.468 e. The summed E-state index contributed by atoms with van der Waals surface area (Å²) in [5.74, 6) is 0.0788. The molecular formula is C12H12F3NO2S. The maximum Gasteiger partial charge on any atom is 0.416 e. The van der Waals surface area contributed by atoms with Gasteiger partial charge in [-0.05, 0) is 17.7 Å². The van der Waals surface area contributed by atoms with Crippen LogP contribution in [0, 0.1) is 0 Å². The number of carbonyl (C=O) groups is 1. The number of nitrogens with one attached hydrogen (secondary N) is 1. The first-order valence-corrected chi connectivity index (χ1v) is 6.59. The van der Waals surface area contributed by atoms with Gasteiger partial charge in [0.05, 0.1) is 18.0 Å². The summed E-state index contributed by atoms with van der Waals surface area (Å²) < 4.78 is 42.4. The number of hydrogen-bond acceptors (Lipinski definition) is 4. The molecule has 1 aromatic carbocycles. The van der Waals surface area contributed by atoms with Crippen molar-refractivity contribution in [3.05, 3.63) is 35.4 Å². The van der Waals surface area contributed by atoms with Crippen LogP contribution in [-0.2, 0) is 15.7 Å². The van der Waals surface area contributed by atoms with E-state index in [4.69, 9.17) is 0 Å². The predicted octanol–water partition coefficient (Wildman–Crippen LogP) is 2.58. The lowest BCUT2D eigenvalue weighted by Crippen LogP contribution is -2.34. The first-order chi connectivity index (χ1) is 8.91. The summed E-state index contributed by atoms with van der Waals surface area (Å²) >= 11 is 1.39. The number of benzene rings is 1. The Labute approximate surface area is 112 Å². The van der Waals surface area contributed by atoms with Crippen LogP contribution in [0.25, 0.3) is 0 Å². The van der Waals surface area contributed by atoms with Gasteiger partial charge < -0.3 is 4.74 Å². The summed E-state index contributed by atoms with van der Waals surface area (Å²) in [6.45, 7) is 0. The van der Waals surface area contributed by atoms with Gasteiger partial charge in [-0.3, -0.25) is 10.1 Å². The third kappa shape index (κ3) is 3.22. The molecule has 2 rings (SSSR count). The van der Waals surface area contributed by atoms with E-state index in [1.165, 1.54) is 24.9 Å². The topological polar surface area (TPSA) is 38.3 Å². The summed E-state index contributed by atoms with van der Waals surface area (Å²) in [6, 6.07) is 4.63. The Morgan fingerprint density at radius 3 is 2.84 bits per heavy atom. The molecule has 1 aliphatic rings. The van der Waals surface area contributed by atoms with Gasteiger partial charge in [0, 0.05) is 5.75 Å². The number of methoxy groups -OCH3 is 1. The number of rotatable bonds is 2. The Bertz CT molecular complexity index is 478. The van der Waals surface area contributed by atoms with Gasteiger partial charge in [-0.15, -0.1) is 11.8 Å². The van der Waals surface area contributed by atoms with Crippen LogP contribution in [0.5, 0.6) is 0 Å². The summed E-state index contributed by atoms with van der Waals surface area (Å²) in [6.07, 6.45) is -4.36. The zero-order valence-corrected chi connectivity index (χ0v) is 10.8. The second-order valence-corrected chi connectivity index (χ2v) is 5.22. The third-order valence-electron chi connectivity index (χ3n) is 2.78. The number of carbonyl (C=O) groups excluding carboxylic acids is 1. The highest BCUT2D eigenvalue weighted by Gasteiger charge is 2.34. The van der Waals surface area contributed by atoms with Gasteiger partial charge >= 0.3 is 12.1 Å². The summed E-state index contributed by atoms with van der Waals surface area (Å²) in [7, 11) is 1.28. The predicted molar refractivity (Wildman–Crippen MR) is 65.6 cm³/mol. The van der Waals surface area contributed by atoms with Crippen LogP contribution >= 0.6 is 11.8 Å². The highest BCUT2D eigenvalue weighted by molar-refractivity contribution is 7.99. The van der Waals surface area contributed by atoms with Crippen LogP contribution < -0.4 is 5.32 Å². The van der Waals surface area contributed by atoms with E-state index >= 15 is 0 Å². The fourth-order valence-corrected chi connectivity index (χ4v) is 3.04. The van der Waals surface area contributed by atoms with E-state index in [9.17, 15) is 18.0 Å². The zero-order valence-electron chi connectivity index (χ0n) is 10.0. The average Bonchev–Trinajstić information content (AvgIpc) is 2.86. The molecule has 1 heterocycles. The maximum atomic E-state index is 12.6. The van der Waals surface area contributed by atoms with Crippen molar-refractivity contribution in [1.82, 2.24) is 5.32 Å². The van der Waals surface area contributed by atoms with Gasteiger partial charge in [-0.2, -0.15) is 13.2 Å². The van der Waals surface area contributed by atoms with E-state index in [-0.39, 0.29) is 5.37 Å². The molecule has 1 aliphatic heterocycles. The first-order valence-electron chi connectivity index (χ1n) is 5.54. The molecule has 0 saturated carbocycles. The Morgan fingerprint density at radius 2 is 2.21 bits per heavy atom. The highest BCUT2D eigenvalue weighted by Crippen LogP contribution is 2.36. The van der Waals surface area contributed by atoms with E-state index in [2.05, 4.69) is 10.1 Å². The molecular weight excluding hydrogens is 279 g/mol. The first kappa shape index (κ1) is 14.2. The Kier molecular flexibility index (Phi) is 4.05. The molecule has 19 heavy (non-hydrogen) atoms. The van der Waals surface area contributed by atoms with E-state index in [0.717, 1.165) is 12.1 Å². The van der Waals surface area contributed by atoms with E-state index in [1.807, 2.05) is 0 Å². The number of thioether (sulfide) groups is 1. The van der Waals surface area contributed by atoms with Gasteiger partial charge in [-0.1, -0.05) is 12.1 Å². The summed E-state index contributed by atoms with van der Waals surface area (Å²) in [5, 5.41) is 2.63. The van der Waals surface area contributed by atoms with Crippen molar-refractivity contribution in [3.63, 3.8) is 0 Å². The lowest BCUT2D eigenvalue weighted by molar-refractivity contribution is -0.142. The fourth-order valence-electron chi connectivity index (χ4n) is 1.82. The molecule has 7 heteroatoms. The second kappa shape index (κ2) is 5.42. The number of halogens is 3. The Balaban J connectivity index is 2.14. The van der Waals surface area contributed by atoms with Gasteiger partial charge in [0.1, 0.15) is 6.04 Å². The molecule has 0 spiro atoms. The monoisotopic (exact) mass is 291 g/mol. The van der Waals surface area contributed by atoms with Crippen molar-refractivity contribution in [2.45, 2.75) is 17.6 Å². The van der Waals surface area contributed by atoms with Crippen molar-refractivity contribution in [2.75, 3.05) is 12.9 Å². The molecule has 0 aromatic heterocycles. The van der Waals surface area contributed by atoms with Gasteiger partial charge in [-0.25, -0.2) is 0 Å². The van der Waals surface area contributed by atoms with Crippen LogP contribution in [0.1, 0.15) is 16.5 Å². The Morgan fingerprint density at radius 1 is 1.47 bits per heavy atom. The van der Waals surface area contributed by atoms with Gasteiger partial charge in [0.15, 0.2) is 0 Å². The molecule has 0 amide bonds. The number of esters is 1. The standard InChI is InChI=1S/C12H12F3NO2S/c1-18-11(17)9-6-19-10(16-9)7-3-2-4-8(5-7)12(13,14)15/h2-5,9-10,16H,6H2,1H3. The minimum atomic E-state index is -4.36. The number of hydrogen-bond donors (Lipinski definition) is 1. The molecule has 0 radical (unpaired) electrons. The molecule has 1 fully saturated rings. The molecule has 2 unspecified atom stereocenters. The van der Waals surface area contributed by atoms with E-state index in [0.29, 0.717) is 11.3 Å². The molecule has 1 aromatic rings. The average molecular weight is 291 g/mol. The summed E-state index contributed by atoms with van der Waals surface area (Å²) in [5.41, 5.74) is -0.180. The molecule has 104 valence electrons. The van der Waals surface area contributed by atoms with Crippen LogP contribution in [0.3, 0.4) is 0 Å². The molecule has 0 bridgehead atoms. The van der Waals surface area contributed by atoms with Crippen molar-refractivity contribution < 1.29 is 22.7 Å². The van der Waals surface area contributed by atoms with Gasteiger partial charge in [0.25, 0.3) is 0 Å². The Hall–Kier alpha value is -1.21. The quantitative estimate of drug-likeness (QED) is 0.850. The minimum absolute atomic E-state index is 0.327. The normalized spacial score (nSPS) is 23.4. The molecule has 1 saturated heterocycles. The number of alkyl halides is 3. The molecule has 1 N–H and O–H groups in total. The largest absolute Gasteiger partial charge is 0.468 e.